The number of amidine groups is 1. The fourth-order valence-electron chi connectivity index (χ4n) is 4.71. The summed E-state index contributed by atoms with van der Waals surface area (Å²) in [7, 11) is 0. The Kier molecular flexibility index (Phi) is 11.6. The number of aryl methyl sites for hydroxylation is 2. The van der Waals surface area contributed by atoms with Gasteiger partial charge >= 0.3 is 0 Å². The number of anilines is 1. The lowest BCUT2D eigenvalue weighted by molar-refractivity contribution is 0.0953. The molecule has 2 aromatic carbocycles. The van der Waals surface area contributed by atoms with Crippen LogP contribution >= 0.6 is 0 Å². The number of nitrogens with zero attached hydrogens (tertiary/aromatic N) is 2. The smallest absolute Gasteiger partial charge is 0.251 e. The SMILES string of the molecule is C/C=C\N=C(Nc1ccc(C(=O)NCCNCCCN)c(CC)c1)C1=NC=C(c2ccc(CC)c(C)c2C)C1. The molecule has 0 atom stereocenters. The highest BCUT2D eigenvalue weighted by Crippen LogP contribution is 2.30. The van der Waals surface area contributed by atoms with Crippen LogP contribution in [0.1, 0.15) is 71.8 Å². The van der Waals surface area contributed by atoms with E-state index in [4.69, 9.17) is 10.7 Å². The van der Waals surface area contributed by atoms with Crippen molar-refractivity contribution in [2.45, 2.75) is 60.3 Å². The lowest BCUT2D eigenvalue weighted by Gasteiger charge is -2.15. The third kappa shape index (κ3) is 7.97. The minimum absolute atomic E-state index is 0.0596. The molecular formula is C32H44N6O. The van der Waals surface area contributed by atoms with Gasteiger partial charge in [0.1, 0.15) is 0 Å². The van der Waals surface area contributed by atoms with Gasteiger partial charge in [0.2, 0.25) is 0 Å². The zero-order valence-electron chi connectivity index (χ0n) is 24.2. The molecule has 0 fully saturated rings. The third-order valence-corrected chi connectivity index (χ3v) is 7.12. The molecule has 1 aliphatic heterocycles. The van der Waals surface area contributed by atoms with Crippen LogP contribution in [0.15, 0.2) is 58.8 Å². The van der Waals surface area contributed by atoms with Gasteiger partial charge in [-0.25, -0.2) is 4.99 Å². The van der Waals surface area contributed by atoms with Crippen LogP contribution in [-0.2, 0) is 12.8 Å². The number of nitrogens with two attached hydrogens (primary N) is 1. The highest BCUT2D eigenvalue weighted by atomic mass is 16.1. The van der Waals surface area contributed by atoms with Crippen molar-refractivity contribution in [3.63, 3.8) is 0 Å². The van der Waals surface area contributed by atoms with Gasteiger partial charge in [-0.05, 0) is 105 Å². The van der Waals surface area contributed by atoms with Crippen LogP contribution < -0.4 is 21.7 Å². The highest BCUT2D eigenvalue weighted by molar-refractivity contribution is 6.48. The highest BCUT2D eigenvalue weighted by Gasteiger charge is 2.20. The first-order valence-corrected chi connectivity index (χ1v) is 14.1. The average molecular weight is 529 g/mol. The van der Waals surface area contributed by atoms with Crippen LogP contribution in [-0.4, -0.2) is 43.6 Å². The standard InChI is InChI=1S/C32H44N6O/c1-6-15-35-31(30-20-26(21-37-30)28-12-10-24(7-2)22(4)23(28)5)38-27-11-13-29(25(8-3)19-27)32(39)36-18-17-34-16-9-14-33/h6,10-13,15,19,21,34H,7-9,14,16-18,20,33H2,1-5H3,(H,35,38)(H,36,39)/b15-6-. The summed E-state index contributed by atoms with van der Waals surface area (Å²) in [6.45, 7) is 13.4. The maximum atomic E-state index is 12.8. The second-order valence-corrected chi connectivity index (χ2v) is 9.74. The van der Waals surface area contributed by atoms with Crippen molar-refractivity contribution in [2.24, 2.45) is 15.7 Å². The van der Waals surface area contributed by atoms with Crippen molar-refractivity contribution in [1.82, 2.24) is 10.6 Å². The maximum Gasteiger partial charge on any atom is 0.251 e. The minimum atomic E-state index is -0.0596. The first-order chi connectivity index (χ1) is 18.9. The predicted octanol–water partition coefficient (Wildman–Crippen LogP) is 5.33. The molecule has 7 nitrogen and oxygen atoms in total. The van der Waals surface area contributed by atoms with Crippen molar-refractivity contribution >= 4 is 28.7 Å². The van der Waals surface area contributed by atoms with E-state index in [1.807, 2.05) is 37.4 Å². The number of carbonyl (C=O) groups excluding carboxylic acids is 1. The van der Waals surface area contributed by atoms with E-state index in [-0.39, 0.29) is 5.91 Å². The van der Waals surface area contributed by atoms with Crippen molar-refractivity contribution in [1.29, 1.82) is 0 Å². The lowest BCUT2D eigenvalue weighted by Crippen LogP contribution is -2.33. The molecule has 5 N–H and O–H groups in total. The molecule has 0 unspecified atom stereocenters. The number of rotatable bonds is 13. The normalized spacial score (nSPS) is 13.5. The number of nitrogens with one attached hydrogen (secondary N) is 3. The van der Waals surface area contributed by atoms with Crippen LogP contribution in [0.5, 0.6) is 0 Å². The largest absolute Gasteiger partial charge is 0.351 e. The molecule has 39 heavy (non-hydrogen) atoms. The van der Waals surface area contributed by atoms with Crippen LogP contribution in [0.4, 0.5) is 5.69 Å². The molecule has 0 saturated carbocycles. The van der Waals surface area contributed by atoms with E-state index in [2.05, 4.69) is 60.8 Å². The second-order valence-electron chi connectivity index (χ2n) is 9.74. The molecule has 2 aromatic rings. The Hall–Kier alpha value is -3.55. The number of hydrogen-bond donors (Lipinski definition) is 4. The quantitative estimate of drug-likeness (QED) is 0.160. The van der Waals surface area contributed by atoms with Gasteiger partial charge in [0, 0.05) is 43.2 Å². The van der Waals surface area contributed by atoms with E-state index < -0.39 is 0 Å². The van der Waals surface area contributed by atoms with Gasteiger partial charge in [-0.1, -0.05) is 32.1 Å². The number of carbonyl (C=O) groups is 1. The Morgan fingerprint density at radius 3 is 2.56 bits per heavy atom. The van der Waals surface area contributed by atoms with Gasteiger partial charge in [-0.3, -0.25) is 9.79 Å². The van der Waals surface area contributed by atoms with Crippen LogP contribution in [0.2, 0.25) is 0 Å². The van der Waals surface area contributed by atoms with Gasteiger partial charge in [0.25, 0.3) is 5.91 Å². The van der Waals surface area contributed by atoms with Crippen LogP contribution in [0.25, 0.3) is 5.57 Å². The molecule has 0 aliphatic carbocycles. The number of aliphatic imine (C=N–C) groups is 2. The summed E-state index contributed by atoms with van der Waals surface area (Å²) in [5.74, 6) is 0.650. The summed E-state index contributed by atoms with van der Waals surface area (Å²) in [4.78, 5) is 22.2. The summed E-state index contributed by atoms with van der Waals surface area (Å²) < 4.78 is 0. The number of benzene rings is 2. The average Bonchev–Trinajstić information content (AvgIpc) is 3.44. The van der Waals surface area contributed by atoms with Gasteiger partial charge in [0.05, 0.1) is 5.71 Å². The van der Waals surface area contributed by atoms with Crippen molar-refractivity contribution in [2.75, 3.05) is 31.5 Å². The molecule has 1 amide bonds. The zero-order chi connectivity index (χ0) is 28.2. The van der Waals surface area contributed by atoms with Gasteiger partial charge in [0.15, 0.2) is 5.84 Å². The van der Waals surface area contributed by atoms with E-state index in [1.54, 1.807) is 6.20 Å². The number of allylic oxidation sites excluding steroid dienone is 2. The molecule has 208 valence electrons. The molecule has 0 bridgehead atoms. The molecule has 1 heterocycles. The van der Waals surface area contributed by atoms with E-state index in [0.29, 0.717) is 30.9 Å². The van der Waals surface area contributed by atoms with Gasteiger partial charge in [-0.2, -0.15) is 0 Å². The van der Waals surface area contributed by atoms with E-state index in [9.17, 15) is 4.79 Å². The molecule has 3 rings (SSSR count). The van der Waals surface area contributed by atoms with E-state index in [0.717, 1.165) is 49.3 Å². The zero-order valence-corrected chi connectivity index (χ0v) is 24.2. The Bertz CT molecular complexity index is 1270. The van der Waals surface area contributed by atoms with Crippen molar-refractivity contribution in [3.05, 3.63) is 82.2 Å². The van der Waals surface area contributed by atoms with Crippen molar-refractivity contribution in [3.8, 4) is 0 Å². The number of hydrogen-bond acceptors (Lipinski definition) is 5. The summed E-state index contributed by atoms with van der Waals surface area (Å²) in [6, 6.07) is 10.3. The fraction of sp³-hybridized carbons (Fsp3) is 0.406. The summed E-state index contributed by atoms with van der Waals surface area (Å²) in [5, 5.41) is 9.76. The monoisotopic (exact) mass is 528 g/mol. The number of amides is 1. The first kappa shape index (κ1) is 30.0. The Morgan fingerprint density at radius 2 is 1.85 bits per heavy atom. The van der Waals surface area contributed by atoms with Crippen LogP contribution in [0, 0.1) is 13.8 Å². The van der Waals surface area contributed by atoms with E-state index in [1.165, 1.54) is 27.8 Å². The summed E-state index contributed by atoms with van der Waals surface area (Å²) in [6.07, 6.45) is 9.05. The van der Waals surface area contributed by atoms with Crippen molar-refractivity contribution < 1.29 is 4.79 Å². The molecule has 0 aromatic heterocycles. The molecule has 7 heteroatoms. The maximum absolute atomic E-state index is 12.8. The molecule has 0 spiro atoms. The van der Waals surface area contributed by atoms with Crippen LogP contribution in [0.3, 0.4) is 0 Å². The molecular weight excluding hydrogens is 484 g/mol. The van der Waals surface area contributed by atoms with Gasteiger partial charge < -0.3 is 21.7 Å². The fourth-order valence-corrected chi connectivity index (χ4v) is 4.71. The summed E-state index contributed by atoms with van der Waals surface area (Å²) >= 11 is 0. The van der Waals surface area contributed by atoms with Gasteiger partial charge in [-0.15, -0.1) is 0 Å². The topological polar surface area (TPSA) is 104 Å². The van der Waals surface area contributed by atoms with E-state index >= 15 is 0 Å². The molecule has 0 radical (unpaired) electrons. The lowest BCUT2D eigenvalue weighted by atomic mass is 9.91. The molecule has 1 aliphatic rings. The Labute approximate surface area is 233 Å². The Morgan fingerprint density at radius 1 is 1.05 bits per heavy atom. The third-order valence-electron chi connectivity index (χ3n) is 7.12. The minimum Gasteiger partial charge on any atom is -0.351 e. The first-order valence-electron chi connectivity index (χ1n) is 14.1. The predicted molar refractivity (Wildman–Crippen MR) is 166 cm³/mol. The summed E-state index contributed by atoms with van der Waals surface area (Å²) in [5.41, 5.74) is 15.4. The molecule has 0 saturated heterocycles. The Balaban J connectivity index is 1.71. The second kappa shape index (κ2) is 15.1.